The normalized spacial score (nSPS) is 19.6. The SMILES string of the molecule is CCCCC/C=C\C(C)C(NC(C)(O)C1CCCN1C(=O)CNC(=O)NC(CN(C=O)C(C)=O)C(C)CC)C(=O)O. The second-order valence-corrected chi connectivity index (χ2v) is 11.2. The van der Waals surface area contributed by atoms with Gasteiger partial charge in [0.2, 0.25) is 18.2 Å². The summed E-state index contributed by atoms with van der Waals surface area (Å²) in [5.74, 6) is -2.39. The Morgan fingerprint density at radius 1 is 1.17 bits per heavy atom. The largest absolute Gasteiger partial charge is 0.480 e. The number of hydrogen-bond acceptors (Lipinski definition) is 7. The zero-order chi connectivity index (χ0) is 31.2. The molecule has 1 aliphatic rings. The van der Waals surface area contributed by atoms with Gasteiger partial charge in [-0.05, 0) is 38.5 Å². The molecule has 6 unspecified atom stereocenters. The van der Waals surface area contributed by atoms with E-state index in [1.165, 1.54) is 18.7 Å². The number of carbonyl (C=O) groups is 5. The number of likely N-dealkylation sites (tertiary alicyclic amines) is 1. The van der Waals surface area contributed by atoms with Crippen LogP contribution in [0.5, 0.6) is 0 Å². The van der Waals surface area contributed by atoms with Crippen LogP contribution < -0.4 is 16.0 Å². The molecule has 0 saturated carbocycles. The van der Waals surface area contributed by atoms with E-state index in [1.54, 1.807) is 6.92 Å². The van der Waals surface area contributed by atoms with E-state index in [9.17, 15) is 34.2 Å². The molecule has 41 heavy (non-hydrogen) atoms. The Hall–Kier alpha value is -2.99. The number of aliphatic hydroxyl groups is 1. The molecule has 6 atom stereocenters. The average molecular weight is 582 g/mol. The Kier molecular flexibility index (Phi) is 15.6. The van der Waals surface area contributed by atoms with Crippen LogP contribution >= 0.6 is 0 Å². The number of urea groups is 1. The smallest absolute Gasteiger partial charge is 0.321 e. The van der Waals surface area contributed by atoms with Gasteiger partial charge in [0, 0.05) is 25.9 Å². The maximum Gasteiger partial charge on any atom is 0.321 e. The maximum absolute atomic E-state index is 13.1. The van der Waals surface area contributed by atoms with Crippen molar-refractivity contribution >= 4 is 30.2 Å². The second kappa shape index (κ2) is 17.7. The highest BCUT2D eigenvalue weighted by Crippen LogP contribution is 2.27. The average Bonchev–Trinajstić information content (AvgIpc) is 3.43. The van der Waals surface area contributed by atoms with E-state index >= 15 is 0 Å². The molecule has 234 valence electrons. The fourth-order valence-corrected chi connectivity index (χ4v) is 5.00. The van der Waals surface area contributed by atoms with Crippen LogP contribution in [-0.2, 0) is 19.2 Å². The van der Waals surface area contributed by atoms with Gasteiger partial charge >= 0.3 is 12.0 Å². The lowest BCUT2D eigenvalue weighted by atomic mass is 9.96. The van der Waals surface area contributed by atoms with Crippen LogP contribution in [0.1, 0.15) is 86.5 Å². The van der Waals surface area contributed by atoms with E-state index in [0.717, 1.165) is 30.6 Å². The van der Waals surface area contributed by atoms with Crippen LogP contribution in [0, 0.1) is 11.8 Å². The highest BCUT2D eigenvalue weighted by Gasteiger charge is 2.44. The molecule has 0 radical (unpaired) electrons. The number of hydrogen-bond donors (Lipinski definition) is 5. The first-order valence-corrected chi connectivity index (χ1v) is 14.7. The minimum atomic E-state index is -1.69. The first kappa shape index (κ1) is 36.0. The topological polar surface area (TPSA) is 168 Å². The number of nitrogens with zero attached hydrogens (tertiary/aromatic N) is 2. The van der Waals surface area contributed by atoms with Crippen molar-refractivity contribution in [2.45, 2.75) is 110 Å². The molecule has 0 aliphatic carbocycles. The van der Waals surface area contributed by atoms with Gasteiger partial charge in [-0.1, -0.05) is 59.1 Å². The number of nitrogens with one attached hydrogen (secondary N) is 3. The third-order valence-corrected chi connectivity index (χ3v) is 7.85. The molecule has 0 aromatic rings. The molecule has 1 heterocycles. The van der Waals surface area contributed by atoms with E-state index in [-0.39, 0.29) is 19.0 Å². The fraction of sp³-hybridized carbons (Fsp3) is 0.759. The summed E-state index contributed by atoms with van der Waals surface area (Å²) in [5, 5.41) is 29.3. The molecule has 1 fully saturated rings. The lowest BCUT2D eigenvalue weighted by molar-refractivity contribution is -0.147. The summed E-state index contributed by atoms with van der Waals surface area (Å²) in [6.45, 7) is 10.5. The molecule has 0 spiro atoms. The summed E-state index contributed by atoms with van der Waals surface area (Å²) in [6, 6.07) is -2.88. The molecule has 5 amide bonds. The van der Waals surface area contributed by atoms with Crippen LogP contribution in [0.4, 0.5) is 4.79 Å². The zero-order valence-corrected chi connectivity index (χ0v) is 25.5. The fourth-order valence-electron chi connectivity index (χ4n) is 5.00. The third kappa shape index (κ3) is 11.8. The van der Waals surface area contributed by atoms with Crippen LogP contribution in [0.2, 0.25) is 0 Å². The predicted molar refractivity (Wildman–Crippen MR) is 156 cm³/mol. The van der Waals surface area contributed by atoms with E-state index < -0.39 is 53.6 Å². The molecular weight excluding hydrogens is 530 g/mol. The van der Waals surface area contributed by atoms with Gasteiger partial charge in [0.1, 0.15) is 11.8 Å². The molecule has 12 heteroatoms. The van der Waals surface area contributed by atoms with Crippen LogP contribution in [-0.4, -0.2) is 93.7 Å². The number of unbranched alkanes of at least 4 members (excludes halogenated alkanes) is 3. The lowest BCUT2D eigenvalue weighted by Crippen LogP contribution is -2.63. The standard InChI is InChI=1S/C29H51N5O7/c1-7-9-10-11-12-14-21(4)26(27(38)39)32-29(6,41)24-15-13-16-34(24)25(37)17-30-28(40)31-23(20(3)8-2)18-33(19-35)22(5)36/h12,14,19-21,23-24,26,32,41H,7-11,13,15-18H2,1-6H3,(H,38,39)(H2,30,31,40)/b14-12-. The quantitative estimate of drug-likeness (QED) is 0.0710. The number of amides is 5. The van der Waals surface area contributed by atoms with Crippen LogP contribution in [0.15, 0.2) is 12.2 Å². The molecular formula is C29H51N5O7. The third-order valence-electron chi connectivity index (χ3n) is 7.85. The summed E-state index contributed by atoms with van der Waals surface area (Å²) < 4.78 is 0. The molecule has 0 bridgehead atoms. The molecule has 1 aliphatic heterocycles. The van der Waals surface area contributed by atoms with Crippen molar-refractivity contribution in [1.82, 2.24) is 25.8 Å². The Morgan fingerprint density at radius 2 is 1.85 bits per heavy atom. The summed E-state index contributed by atoms with van der Waals surface area (Å²) >= 11 is 0. The first-order valence-electron chi connectivity index (χ1n) is 14.7. The van der Waals surface area contributed by atoms with Gasteiger partial charge in [-0.25, -0.2) is 4.79 Å². The van der Waals surface area contributed by atoms with Crippen molar-refractivity contribution in [2.24, 2.45) is 11.8 Å². The molecule has 1 rings (SSSR count). The number of allylic oxidation sites excluding steroid dienone is 1. The monoisotopic (exact) mass is 581 g/mol. The van der Waals surface area contributed by atoms with Gasteiger partial charge in [-0.15, -0.1) is 0 Å². The van der Waals surface area contributed by atoms with Crippen molar-refractivity contribution in [3.05, 3.63) is 12.2 Å². The van der Waals surface area contributed by atoms with Gasteiger partial charge in [-0.3, -0.25) is 29.4 Å². The molecule has 0 aromatic heterocycles. The number of carbonyl (C=O) groups excluding carboxylic acids is 4. The minimum Gasteiger partial charge on any atom is -0.480 e. The second-order valence-electron chi connectivity index (χ2n) is 11.2. The summed E-state index contributed by atoms with van der Waals surface area (Å²) in [6.07, 6.45) is 10.1. The maximum atomic E-state index is 13.1. The van der Waals surface area contributed by atoms with Crippen LogP contribution in [0.25, 0.3) is 0 Å². The number of rotatable bonds is 18. The molecule has 12 nitrogen and oxygen atoms in total. The Labute approximate surface area is 244 Å². The van der Waals surface area contributed by atoms with E-state index in [2.05, 4.69) is 22.9 Å². The van der Waals surface area contributed by atoms with Crippen molar-refractivity contribution in [1.29, 1.82) is 0 Å². The van der Waals surface area contributed by atoms with E-state index in [0.29, 0.717) is 32.2 Å². The lowest BCUT2D eigenvalue weighted by Gasteiger charge is -2.39. The highest BCUT2D eigenvalue weighted by molar-refractivity contribution is 5.85. The van der Waals surface area contributed by atoms with Gasteiger partial charge in [0.15, 0.2) is 0 Å². The number of imide groups is 1. The Bertz CT molecular complexity index is 910. The summed E-state index contributed by atoms with van der Waals surface area (Å²) in [5.41, 5.74) is -1.69. The minimum absolute atomic E-state index is 0.00897. The van der Waals surface area contributed by atoms with Crippen molar-refractivity contribution < 1.29 is 34.2 Å². The number of carboxylic acid groups (broad SMARTS) is 1. The highest BCUT2D eigenvalue weighted by atomic mass is 16.4. The van der Waals surface area contributed by atoms with Gasteiger partial charge < -0.3 is 25.7 Å². The van der Waals surface area contributed by atoms with Crippen molar-refractivity contribution in [3.63, 3.8) is 0 Å². The Morgan fingerprint density at radius 3 is 2.41 bits per heavy atom. The van der Waals surface area contributed by atoms with E-state index in [1.807, 2.05) is 26.0 Å². The van der Waals surface area contributed by atoms with Gasteiger partial charge in [0.25, 0.3) is 0 Å². The number of carboxylic acids is 1. The van der Waals surface area contributed by atoms with Gasteiger partial charge in [0.05, 0.1) is 18.6 Å². The van der Waals surface area contributed by atoms with Crippen LogP contribution in [0.3, 0.4) is 0 Å². The van der Waals surface area contributed by atoms with Gasteiger partial charge in [-0.2, -0.15) is 0 Å². The molecule has 0 aromatic carbocycles. The first-order chi connectivity index (χ1) is 19.3. The van der Waals surface area contributed by atoms with E-state index in [4.69, 9.17) is 0 Å². The summed E-state index contributed by atoms with van der Waals surface area (Å²) in [4.78, 5) is 63.1. The molecule has 5 N–H and O–H groups in total. The van der Waals surface area contributed by atoms with Crippen molar-refractivity contribution in [2.75, 3.05) is 19.6 Å². The number of aliphatic carboxylic acids is 1. The van der Waals surface area contributed by atoms with Crippen molar-refractivity contribution in [3.8, 4) is 0 Å². The zero-order valence-electron chi connectivity index (χ0n) is 25.5. The summed E-state index contributed by atoms with van der Waals surface area (Å²) in [7, 11) is 0. The molecule has 1 saturated heterocycles. The predicted octanol–water partition coefficient (Wildman–Crippen LogP) is 2.22. The Balaban J connectivity index is 2.82.